The molecule has 1 saturated carbocycles. The van der Waals surface area contributed by atoms with Gasteiger partial charge >= 0.3 is 11.9 Å². The van der Waals surface area contributed by atoms with Gasteiger partial charge in [-0.1, -0.05) is 6.92 Å². The standard InChI is InChI=1S/C14H24O4/c1-5-13(2,3)12(16)18-14(8-6-7-9-14)10-11(15)17-4/h5-10H2,1-4H3. The van der Waals surface area contributed by atoms with Gasteiger partial charge in [0.25, 0.3) is 0 Å². The average molecular weight is 256 g/mol. The SMILES string of the molecule is CCC(C)(C)C(=O)OC1(CC(=O)OC)CCCC1. The largest absolute Gasteiger partial charge is 0.469 e. The van der Waals surface area contributed by atoms with Crippen molar-refractivity contribution in [2.75, 3.05) is 7.11 Å². The Balaban J connectivity index is 2.74. The molecule has 0 spiro atoms. The second kappa shape index (κ2) is 5.72. The molecule has 0 radical (unpaired) electrons. The van der Waals surface area contributed by atoms with Gasteiger partial charge in [-0.05, 0) is 46.0 Å². The van der Waals surface area contributed by atoms with Crippen LogP contribution in [-0.4, -0.2) is 24.6 Å². The summed E-state index contributed by atoms with van der Waals surface area (Å²) in [7, 11) is 1.36. The maximum Gasteiger partial charge on any atom is 0.312 e. The first-order chi connectivity index (χ1) is 8.35. The van der Waals surface area contributed by atoms with Crippen LogP contribution in [0.15, 0.2) is 0 Å². The van der Waals surface area contributed by atoms with Crippen LogP contribution in [-0.2, 0) is 19.1 Å². The minimum atomic E-state index is -0.628. The molecule has 1 fully saturated rings. The fourth-order valence-electron chi connectivity index (χ4n) is 2.15. The second-order valence-corrected chi connectivity index (χ2v) is 5.77. The van der Waals surface area contributed by atoms with Gasteiger partial charge in [0, 0.05) is 0 Å². The lowest BCUT2D eigenvalue weighted by atomic mass is 9.89. The van der Waals surface area contributed by atoms with Gasteiger partial charge in [0.1, 0.15) is 5.60 Å². The number of rotatable bonds is 5. The minimum Gasteiger partial charge on any atom is -0.469 e. The van der Waals surface area contributed by atoms with Crippen LogP contribution in [0.4, 0.5) is 0 Å². The molecule has 1 rings (SSSR count). The number of carbonyl (C=O) groups excluding carboxylic acids is 2. The predicted molar refractivity (Wildman–Crippen MR) is 68.0 cm³/mol. The third kappa shape index (κ3) is 3.47. The summed E-state index contributed by atoms with van der Waals surface area (Å²) < 4.78 is 10.4. The molecule has 0 atom stereocenters. The quantitative estimate of drug-likeness (QED) is 0.710. The second-order valence-electron chi connectivity index (χ2n) is 5.77. The van der Waals surface area contributed by atoms with Crippen molar-refractivity contribution < 1.29 is 19.1 Å². The molecule has 4 nitrogen and oxygen atoms in total. The van der Waals surface area contributed by atoms with E-state index in [1.807, 2.05) is 20.8 Å². The van der Waals surface area contributed by atoms with Crippen molar-refractivity contribution in [2.24, 2.45) is 5.41 Å². The number of ether oxygens (including phenoxy) is 2. The molecule has 0 heterocycles. The van der Waals surface area contributed by atoms with Crippen LogP contribution in [0.2, 0.25) is 0 Å². The van der Waals surface area contributed by atoms with E-state index in [1.54, 1.807) is 0 Å². The summed E-state index contributed by atoms with van der Waals surface area (Å²) in [5.74, 6) is -0.519. The van der Waals surface area contributed by atoms with Crippen molar-refractivity contribution in [1.29, 1.82) is 0 Å². The lowest BCUT2D eigenvalue weighted by Crippen LogP contribution is -2.39. The van der Waals surface area contributed by atoms with E-state index in [9.17, 15) is 9.59 Å². The molecule has 0 aliphatic heterocycles. The van der Waals surface area contributed by atoms with Crippen LogP contribution >= 0.6 is 0 Å². The lowest BCUT2D eigenvalue weighted by Gasteiger charge is -2.32. The minimum absolute atomic E-state index is 0.176. The Morgan fingerprint density at radius 2 is 1.78 bits per heavy atom. The molecule has 0 N–H and O–H groups in total. The summed E-state index contributed by atoms with van der Waals surface area (Å²) >= 11 is 0. The van der Waals surface area contributed by atoms with Gasteiger partial charge in [0.05, 0.1) is 18.9 Å². The van der Waals surface area contributed by atoms with Crippen LogP contribution < -0.4 is 0 Å². The molecule has 0 saturated heterocycles. The zero-order valence-corrected chi connectivity index (χ0v) is 11.9. The van der Waals surface area contributed by atoms with Gasteiger partial charge in [0.15, 0.2) is 0 Å². The normalized spacial score (nSPS) is 18.4. The Kier molecular flexibility index (Phi) is 4.77. The van der Waals surface area contributed by atoms with Gasteiger partial charge in [-0.25, -0.2) is 0 Å². The molecule has 4 heteroatoms. The molecule has 0 aromatic heterocycles. The third-order valence-corrected chi connectivity index (χ3v) is 3.95. The molecule has 0 aromatic carbocycles. The average Bonchev–Trinajstić information content (AvgIpc) is 2.77. The number of esters is 2. The summed E-state index contributed by atoms with van der Waals surface area (Å²) in [6.07, 6.45) is 4.41. The highest BCUT2D eigenvalue weighted by atomic mass is 16.6. The molecule has 1 aliphatic carbocycles. The van der Waals surface area contributed by atoms with Crippen LogP contribution in [0.1, 0.15) is 59.3 Å². The van der Waals surface area contributed by atoms with Gasteiger partial charge in [-0.2, -0.15) is 0 Å². The van der Waals surface area contributed by atoms with Crippen molar-refractivity contribution >= 4 is 11.9 Å². The zero-order chi connectivity index (χ0) is 13.8. The number of methoxy groups -OCH3 is 1. The monoisotopic (exact) mass is 256 g/mol. The summed E-state index contributed by atoms with van der Waals surface area (Å²) in [6.45, 7) is 5.70. The predicted octanol–water partition coefficient (Wildman–Crippen LogP) is 2.84. The highest BCUT2D eigenvalue weighted by Gasteiger charge is 2.42. The molecule has 104 valence electrons. The fourth-order valence-corrected chi connectivity index (χ4v) is 2.15. The highest BCUT2D eigenvalue weighted by Crippen LogP contribution is 2.38. The fraction of sp³-hybridized carbons (Fsp3) is 0.857. The molecule has 0 unspecified atom stereocenters. The summed E-state index contributed by atoms with van der Waals surface area (Å²) in [4.78, 5) is 23.6. The summed E-state index contributed by atoms with van der Waals surface area (Å²) in [5, 5.41) is 0. The van der Waals surface area contributed by atoms with E-state index in [4.69, 9.17) is 9.47 Å². The van der Waals surface area contributed by atoms with E-state index in [-0.39, 0.29) is 18.4 Å². The van der Waals surface area contributed by atoms with Crippen LogP contribution in [0.5, 0.6) is 0 Å². The van der Waals surface area contributed by atoms with Gasteiger partial charge in [-0.3, -0.25) is 9.59 Å². The molecule has 18 heavy (non-hydrogen) atoms. The molecule has 0 bridgehead atoms. The Labute approximate surface area is 109 Å². The van der Waals surface area contributed by atoms with Gasteiger partial charge < -0.3 is 9.47 Å². The van der Waals surface area contributed by atoms with E-state index in [0.717, 1.165) is 32.1 Å². The van der Waals surface area contributed by atoms with E-state index in [0.29, 0.717) is 0 Å². The molecular weight excluding hydrogens is 232 g/mol. The Morgan fingerprint density at radius 1 is 1.22 bits per heavy atom. The third-order valence-electron chi connectivity index (χ3n) is 3.95. The van der Waals surface area contributed by atoms with E-state index >= 15 is 0 Å². The van der Waals surface area contributed by atoms with Crippen molar-refractivity contribution in [1.82, 2.24) is 0 Å². The van der Waals surface area contributed by atoms with Crippen molar-refractivity contribution in [3.63, 3.8) is 0 Å². The maximum atomic E-state index is 12.2. The van der Waals surface area contributed by atoms with Gasteiger partial charge in [0.2, 0.25) is 0 Å². The lowest BCUT2D eigenvalue weighted by molar-refractivity contribution is -0.174. The van der Waals surface area contributed by atoms with Crippen LogP contribution in [0.3, 0.4) is 0 Å². The number of hydrogen-bond donors (Lipinski definition) is 0. The van der Waals surface area contributed by atoms with E-state index in [1.165, 1.54) is 7.11 Å². The summed E-state index contributed by atoms with van der Waals surface area (Å²) in [5.41, 5.74) is -1.12. The van der Waals surface area contributed by atoms with Crippen LogP contribution in [0.25, 0.3) is 0 Å². The maximum absolute atomic E-state index is 12.2. The first kappa shape index (κ1) is 15.0. The molecule has 1 aliphatic rings. The Hall–Kier alpha value is -1.06. The number of hydrogen-bond acceptors (Lipinski definition) is 4. The molecule has 0 amide bonds. The number of carbonyl (C=O) groups is 2. The van der Waals surface area contributed by atoms with Crippen molar-refractivity contribution in [2.45, 2.75) is 64.9 Å². The van der Waals surface area contributed by atoms with E-state index < -0.39 is 11.0 Å². The van der Waals surface area contributed by atoms with Crippen molar-refractivity contribution in [3.8, 4) is 0 Å². The van der Waals surface area contributed by atoms with Gasteiger partial charge in [-0.15, -0.1) is 0 Å². The molecule has 0 aromatic rings. The first-order valence-corrected chi connectivity index (χ1v) is 6.65. The highest BCUT2D eigenvalue weighted by molar-refractivity contribution is 5.77. The Morgan fingerprint density at radius 3 is 2.22 bits per heavy atom. The smallest absolute Gasteiger partial charge is 0.312 e. The topological polar surface area (TPSA) is 52.6 Å². The zero-order valence-electron chi connectivity index (χ0n) is 11.9. The molecular formula is C14H24O4. The van der Waals surface area contributed by atoms with Crippen molar-refractivity contribution in [3.05, 3.63) is 0 Å². The van der Waals surface area contributed by atoms with Crippen LogP contribution in [0, 0.1) is 5.41 Å². The Bertz CT molecular complexity index is 314. The summed E-state index contributed by atoms with van der Waals surface area (Å²) in [6, 6.07) is 0. The van der Waals surface area contributed by atoms with E-state index in [2.05, 4.69) is 0 Å². The first-order valence-electron chi connectivity index (χ1n) is 6.65.